The van der Waals surface area contributed by atoms with Crippen LogP contribution in [0.3, 0.4) is 0 Å². The van der Waals surface area contributed by atoms with Crippen molar-refractivity contribution < 1.29 is 5.11 Å². The van der Waals surface area contributed by atoms with Crippen LogP contribution in [0.25, 0.3) is 10.9 Å². The molecule has 28 heavy (non-hydrogen) atoms. The number of benzene rings is 2. The second-order valence-electron chi connectivity index (χ2n) is 6.83. The molecular formula is C23H18Cl2N2O. The molecule has 0 saturated heterocycles. The highest BCUT2D eigenvalue weighted by Crippen LogP contribution is 2.39. The molecule has 0 amide bonds. The van der Waals surface area contributed by atoms with Gasteiger partial charge in [0.1, 0.15) is 5.60 Å². The third-order valence-electron chi connectivity index (χ3n) is 5.13. The number of nitrogens with zero attached hydrogens (tertiary/aromatic N) is 2. The lowest BCUT2D eigenvalue weighted by Crippen LogP contribution is -2.29. The number of hydrogen-bond acceptors (Lipinski definition) is 3. The van der Waals surface area contributed by atoms with Crippen LogP contribution >= 0.6 is 23.2 Å². The first-order valence-corrected chi connectivity index (χ1v) is 9.62. The van der Waals surface area contributed by atoms with Gasteiger partial charge in [0.2, 0.25) is 0 Å². The van der Waals surface area contributed by atoms with E-state index in [-0.39, 0.29) is 0 Å². The van der Waals surface area contributed by atoms with E-state index >= 15 is 0 Å². The van der Waals surface area contributed by atoms with Gasteiger partial charge in [0.25, 0.3) is 0 Å². The SMILES string of the molecule is Cc1nc2ccc(C(O)(c3cccnc3)c3cccc(Cl)c3)cc2c(Cl)c1C. The summed E-state index contributed by atoms with van der Waals surface area (Å²) in [5.74, 6) is 0. The molecule has 0 aliphatic carbocycles. The lowest BCUT2D eigenvalue weighted by molar-refractivity contribution is 0.125. The first-order chi connectivity index (χ1) is 13.4. The fraction of sp³-hybridized carbons (Fsp3) is 0.130. The van der Waals surface area contributed by atoms with Crippen molar-refractivity contribution in [2.45, 2.75) is 19.4 Å². The van der Waals surface area contributed by atoms with Crippen LogP contribution in [0.15, 0.2) is 67.0 Å². The number of aliphatic hydroxyl groups is 1. The molecule has 4 aromatic rings. The topological polar surface area (TPSA) is 46.0 Å². The van der Waals surface area contributed by atoms with Crippen LogP contribution in [0.4, 0.5) is 0 Å². The third-order valence-corrected chi connectivity index (χ3v) is 5.85. The quantitative estimate of drug-likeness (QED) is 0.463. The molecule has 3 nitrogen and oxygen atoms in total. The largest absolute Gasteiger partial charge is 0.376 e. The van der Waals surface area contributed by atoms with Crippen LogP contribution in [-0.2, 0) is 5.60 Å². The summed E-state index contributed by atoms with van der Waals surface area (Å²) < 4.78 is 0. The summed E-state index contributed by atoms with van der Waals surface area (Å²) in [6, 6.07) is 16.5. The Labute approximate surface area is 173 Å². The summed E-state index contributed by atoms with van der Waals surface area (Å²) in [6.07, 6.45) is 3.33. The first kappa shape index (κ1) is 18.9. The lowest BCUT2D eigenvalue weighted by atomic mass is 9.80. The van der Waals surface area contributed by atoms with Crippen LogP contribution < -0.4 is 0 Å². The number of halogens is 2. The highest BCUT2D eigenvalue weighted by Gasteiger charge is 2.34. The van der Waals surface area contributed by atoms with E-state index in [0.29, 0.717) is 26.7 Å². The standard InChI is InChI=1S/C23H18Cl2N2O/c1-14-15(2)27-21-9-8-17(12-20(21)22(14)25)23(28,18-6-4-10-26-13-18)16-5-3-7-19(24)11-16/h3-13,28H,1-2H3. The molecule has 2 aromatic heterocycles. The number of hydrogen-bond donors (Lipinski definition) is 1. The van der Waals surface area contributed by atoms with Crippen LogP contribution in [0.1, 0.15) is 27.9 Å². The van der Waals surface area contributed by atoms with E-state index in [0.717, 1.165) is 22.2 Å². The molecule has 2 heterocycles. The molecule has 0 saturated carbocycles. The summed E-state index contributed by atoms with van der Waals surface area (Å²) in [5, 5.41) is 14.0. The lowest BCUT2D eigenvalue weighted by Gasteiger charge is -2.30. The van der Waals surface area contributed by atoms with Crippen molar-refractivity contribution in [1.82, 2.24) is 9.97 Å². The van der Waals surface area contributed by atoms with Crippen molar-refractivity contribution in [3.05, 3.63) is 105 Å². The predicted octanol–water partition coefficient (Wildman–Crippen LogP) is 5.84. The minimum Gasteiger partial charge on any atom is -0.376 e. The molecule has 1 atom stereocenters. The second-order valence-corrected chi connectivity index (χ2v) is 7.64. The highest BCUT2D eigenvalue weighted by molar-refractivity contribution is 6.36. The van der Waals surface area contributed by atoms with Crippen molar-refractivity contribution in [2.75, 3.05) is 0 Å². The zero-order valence-corrected chi connectivity index (χ0v) is 17.0. The Hall–Kier alpha value is -2.46. The second kappa shape index (κ2) is 7.17. The maximum Gasteiger partial charge on any atom is 0.142 e. The molecule has 140 valence electrons. The monoisotopic (exact) mass is 408 g/mol. The maximum atomic E-state index is 12.0. The molecule has 4 rings (SSSR count). The van der Waals surface area contributed by atoms with Gasteiger partial charge < -0.3 is 5.11 Å². The summed E-state index contributed by atoms with van der Waals surface area (Å²) in [6.45, 7) is 3.88. The van der Waals surface area contributed by atoms with Gasteiger partial charge in [0.15, 0.2) is 0 Å². The molecule has 0 bridgehead atoms. The molecule has 5 heteroatoms. The molecule has 2 aromatic carbocycles. The third kappa shape index (κ3) is 3.06. The van der Waals surface area contributed by atoms with Gasteiger partial charge in [-0.1, -0.05) is 47.5 Å². The number of pyridine rings is 2. The van der Waals surface area contributed by atoms with E-state index in [9.17, 15) is 5.11 Å². The van der Waals surface area contributed by atoms with Crippen molar-refractivity contribution in [3.63, 3.8) is 0 Å². The average Bonchev–Trinajstić information content (AvgIpc) is 2.72. The summed E-state index contributed by atoms with van der Waals surface area (Å²) in [5.41, 5.74) is 3.14. The molecule has 0 spiro atoms. The van der Waals surface area contributed by atoms with Crippen molar-refractivity contribution in [2.24, 2.45) is 0 Å². The van der Waals surface area contributed by atoms with Gasteiger partial charge in [-0.3, -0.25) is 9.97 Å². The highest BCUT2D eigenvalue weighted by atomic mass is 35.5. The average molecular weight is 409 g/mol. The molecule has 0 aliphatic heterocycles. The van der Waals surface area contributed by atoms with Gasteiger partial charge in [-0.15, -0.1) is 0 Å². The number of fused-ring (bicyclic) bond motifs is 1. The maximum absolute atomic E-state index is 12.0. The van der Waals surface area contributed by atoms with Crippen LogP contribution in [0, 0.1) is 13.8 Å². The predicted molar refractivity (Wildman–Crippen MR) is 114 cm³/mol. The van der Waals surface area contributed by atoms with Crippen molar-refractivity contribution in [1.29, 1.82) is 0 Å². The van der Waals surface area contributed by atoms with Gasteiger partial charge in [-0.05, 0) is 60.9 Å². The Kier molecular flexibility index (Phi) is 4.84. The molecular weight excluding hydrogens is 391 g/mol. The van der Waals surface area contributed by atoms with E-state index in [1.54, 1.807) is 30.6 Å². The van der Waals surface area contributed by atoms with Crippen LogP contribution in [0.5, 0.6) is 0 Å². The molecule has 0 aliphatic rings. The Morgan fingerprint density at radius 1 is 0.893 bits per heavy atom. The van der Waals surface area contributed by atoms with E-state index in [1.807, 2.05) is 50.2 Å². The van der Waals surface area contributed by atoms with Crippen LogP contribution in [-0.4, -0.2) is 15.1 Å². The Balaban J connectivity index is 2.03. The summed E-state index contributed by atoms with van der Waals surface area (Å²) >= 11 is 12.8. The molecule has 0 fully saturated rings. The van der Waals surface area contributed by atoms with E-state index in [4.69, 9.17) is 23.2 Å². The Morgan fingerprint density at radius 2 is 1.64 bits per heavy atom. The fourth-order valence-electron chi connectivity index (χ4n) is 3.45. The Morgan fingerprint density at radius 3 is 2.36 bits per heavy atom. The minimum atomic E-state index is -1.44. The minimum absolute atomic E-state index is 0.548. The smallest absolute Gasteiger partial charge is 0.142 e. The van der Waals surface area contributed by atoms with Crippen molar-refractivity contribution >= 4 is 34.1 Å². The summed E-state index contributed by atoms with van der Waals surface area (Å²) in [4.78, 5) is 8.82. The van der Waals surface area contributed by atoms with Gasteiger partial charge in [0.05, 0.1) is 10.5 Å². The summed E-state index contributed by atoms with van der Waals surface area (Å²) in [7, 11) is 0. The molecule has 1 N–H and O–H groups in total. The Bertz CT molecular complexity index is 1180. The van der Waals surface area contributed by atoms with E-state index in [1.165, 1.54) is 0 Å². The number of aryl methyl sites for hydroxylation is 1. The molecule has 1 unspecified atom stereocenters. The van der Waals surface area contributed by atoms with Crippen molar-refractivity contribution in [3.8, 4) is 0 Å². The molecule has 0 radical (unpaired) electrons. The normalized spacial score (nSPS) is 13.5. The first-order valence-electron chi connectivity index (χ1n) is 8.87. The van der Waals surface area contributed by atoms with Crippen LogP contribution in [0.2, 0.25) is 10.0 Å². The van der Waals surface area contributed by atoms with Gasteiger partial charge >= 0.3 is 0 Å². The van der Waals surface area contributed by atoms with Gasteiger partial charge in [-0.2, -0.15) is 0 Å². The van der Waals surface area contributed by atoms with Gasteiger partial charge in [-0.25, -0.2) is 0 Å². The number of rotatable bonds is 3. The fourth-order valence-corrected chi connectivity index (χ4v) is 3.93. The number of aromatic nitrogens is 2. The van der Waals surface area contributed by atoms with E-state index in [2.05, 4.69) is 9.97 Å². The zero-order chi connectivity index (χ0) is 19.9. The van der Waals surface area contributed by atoms with Gasteiger partial charge in [0, 0.05) is 34.1 Å². The zero-order valence-electron chi connectivity index (χ0n) is 15.4. The van der Waals surface area contributed by atoms with E-state index < -0.39 is 5.60 Å².